The smallest absolute Gasteiger partial charge is 0.0405 e. The molecule has 0 N–H and O–H groups in total. The third kappa shape index (κ3) is 4.92. The van der Waals surface area contributed by atoms with Gasteiger partial charge in [0.1, 0.15) is 0 Å². The number of rotatable bonds is 2. The van der Waals surface area contributed by atoms with Gasteiger partial charge in [-0.3, -0.25) is 0 Å². The van der Waals surface area contributed by atoms with Crippen LogP contribution in [-0.2, 0) is 23.2 Å². The van der Waals surface area contributed by atoms with Gasteiger partial charge in [-0.05, 0) is 12.1 Å². The molecule has 0 heterocycles. The molecule has 0 bridgehead atoms. The summed E-state index contributed by atoms with van der Waals surface area (Å²) in [6.45, 7) is 0. The quantitative estimate of drug-likeness (QED) is 0.706. The third-order valence-electron chi connectivity index (χ3n) is 2.60. The first-order valence-electron chi connectivity index (χ1n) is 6.03. The van der Waals surface area contributed by atoms with Crippen molar-refractivity contribution in [2.75, 3.05) is 0 Å². The summed E-state index contributed by atoms with van der Waals surface area (Å²) in [5.74, 6) is 0. The Hall–Kier alpha value is -0.647. The van der Waals surface area contributed by atoms with Crippen molar-refractivity contribution >= 4 is 11.6 Å². The first-order chi connectivity index (χ1) is 8.84. The summed E-state index contributed by atoms with van der Waals surface area (Å²) >= 11 is 5.23. The van der Waals surface area contributed by atoms with Crippen molar-refractivity contribution in [3.63, 3.8) is 0 Å². The topological polar surface area (TPSA) is 0 Å². The van der Waals surface area contributed by atoms with Gasteiger partial charge in [0, 0.05) is 5.02 Å². The molecule has 0 spiro atoms. The van der Waals surface area contributed by atoms with Crippen LogP contribution in [0.25, 0.3) is 0 Å². The molecule has 0 nitrogen and oxygen atoms in total. The van der Waals surface area contributed by atoms with Gasteiger partial charge in [0.15, 0.2) is 0 Å². The molecular weight excluding hydrogens is 319 g/mol. The minimum Gasteiger partial charge on any atom is -0.0843 e. The van der Waals surface area contributed by atoms with Gasteiger partial charge in [0.2, 0.25) is 0 Å². The molecule has 3 rings (SSSR count). The summed E-state index contributed by atoms with van der Waals surface area (Å²) < 4.78 is 3.45. The molecule has 0 unspecified atom stereocenters. The molecule has 0 atom stereocenters. The Bertz CT molecular complexity index is 467. The average Bonchev–Trinajstić information content (AvgIpc) is 3.05. The van der Waals surface area contributed by atoms with Gasteiger partial charge >= 0.3 is 79.1 Å². The van der Waals surface area contributed by atoms with Crippen molar-refractivity contribution in [3.8, 4) is 0 Å². The van der Waals surface area contributed by atoms with Crippen LogP contribution in [0.3, 0.4) is 0 Å². The summed E-state index contributed by atoms with van der Waals surface area (Å²) in [4.78, 5) is 0. The molecule has 0 aromatic heterocycles. The number of hydrogen-bond acceptors (Lipinski definition) is 0. The van der Waals surface area contributed by atoms with Crippen molar-refractivity contribution < 1.29 is 23.2 Å². The van der Waals surface area contributed by atoms with Crippen molar-refractivity contribution in [2.45, 2.75) is 12.8 Å². The molecule has 0 aliphatic heterocycles. The zero-order valence-electron chi connectivity index (χ0n) is 10.1. The summed E-state index contributed by atoms with van der Waals surface area (Å²) in [7, 11) is 0. The zero-order valence-corrected chi connectivity index (χ0v) is 13.4. The second-order valence-electron chi connectivity index (χ2n) is 4.07. The van der Waals surface area contributed by atoms with Crippen LogP contribution >= 0.6 is 11.6 Å². The van der Waals surface area contributed by atoms with Gasteiger partial charge in [-0.15, -0.1) is 0 Å². The van der Waals surface area contributed by atoms with E-state index in [-0.39, 0.29) is 23.2 Å². The Morgan fingerprint density at radius 1 is 0.833 bits per heavy atom. The SMILES string of the molecule is C1=CC[C]([Zr][C]2=CC=CC2)=C1.Clc1ccccc1. The van der Waals surface area contributed by atoms with Gasteiger partial charge in [-0.1, -0.05) is 29.8 Å². The summed E-state index contributed by atoms with van der Waals surface area (Å²) in [6, 6.07) is 9.44. The van der Waals surface area contributed by atoms with Gasteiger partial charge in [-0.25, -0.2) is 0 Å². The average molecular weight is 334 g/mol. The Morgan fingerprint density at radius 2 is 1.39 bits per heavy atom. The minimum atomic E-state index is -0.312. The third-order valence-corrected chi connectivity index (χ3v) is 6.25. The van der Waals surface area contributed by atoms with Crippen LogP contribution in [0.15, 0.2) is 73.3 Å². The maximum absolute atomic E-state index is 5.54. The number of hydrogen-bond donors (Lipinski definition) is 0. The van der Waals surface area contributed by atoms with E-state index >= 15 is 0 Å². The molecule has 0 fully saturated rings. The molecule has 1 aromatic rings. The summed E-state index contributed by atoms with van der Waals surface area (Å²) in [6.07, 6.45) is 16.0. The number of allylic oxidation sites excluding steroid dienone is 8. The second kappa shape index (κ2) is 7.71. The second-order valence-corrected chi connectivity index (χ2v) is 8.28. The van der Waals surface area contributed by atoms with E-state index in [1.165, 1.54) is 12.8 Å². The first-order valence-corrected chi connectivity index (χ1v) is 8.87. The van der Waals surface area contributed by atoms with Crippen LogP contribution in [0.5, 0.6) is 0 Å². The van der Waals surface area contributed by atoms with E-state index in [1.54, 1.807) is 6.56 Å². The number of halogens is 1. The van der Waals surface area contributed by atoms with Gasteiger partial charge in [0.05, 0.1) is 0 Å². The number of benzene rings is 1. The van der Waals surface area contributed by atoms with E-state index in [0.29, 0.717) is 0 Å². The molecule has 18 heavy (non-hydrogen) atoms. The molecule has 0 radical (unpaired) electrons. The molecular formula is C16H15ClZr. The molecule has 2 heteroatoms. The van der Waals surface area contributed by atoms with E-state index < -0.39 is 0 Å². The fourth-order valence-corrected chi connectivity index (χ4v) is 4.82. The van der Waals surface area contributed by atoms with Crippen molar-refractivity contribution in [1.82, 2.24) is 0 Å². The largest absolute Gasteiger partial charge is 0.0843 e. The molecule has 1 aromatic carbocycles. The van der Waals surface area contributed by atoms with E-state index in [4.69, 9.17) is 11.6 Å². The Balaban J connectivity index is 0.000000149. The molecule has 0 saturated carbocycles. The minimum absolute atomic E-state index is 0.312. The zero-order chi connectivity index (χ0) is 12.6. The Labute approximate surface area is 125 Å². The first kappa shape index (κ1) is 13.8. The van der Waals surface area contributed by atoms with E-state index in [9.17, 15) is 0 Å². The molecule has 0 saturated heterocycles. The summed E-state index contributed by atoms with van der Waals surface area (Å²) in [5.41, 5.74) is 0. The van der Waals surface area contributed by atoms with Crippen LogP contribution < -0.4 is 0 Å². The fraction of sp³-hybridized carbons (Fsp3) is 0.125. The maximum Gasteiger partial charge on any atom is 0.0405 e. The molecule has 2 aliphatic carbocycles. The van der Waals surface area contributed by atoms with E-state index in [1.807, 2.05) is 30.3 Å². The van der Waals surface area contributed by atoms with Crippen LogP contribution in [0.2, 0.25) is 5.02 Å². The van der Waals surface area contributed by atoms with E-state index in [2.05, 4.69) is 36.5 Å². The molecule has 0 amide bonds. The molecule has 90 valence electrons. The van der Waals surface area contributed by atoms with Crippen LogP contribution in [-0.4, -0.2) is 0 Å². The van der Waals surface area contributed by atoms with Crippen molar-refractivity contribution in [1.29, 1.82) is 0 Å². The maximum atomic E-state index is 5.54. The van der Waals surface area contributed by atoms with Crippen molar-refractivity contribution in [2.24, 2.45) is 0 Å². The van der Waals surface area contributed by atoms with Crippen LogP contribution in [0.4, 0.5) is 0 Å². The molecule has 2 aliphatic rings. The van der Waals surface area contributed by atoms with E-state index in [0.717, 1.165) is 5.02 Å². The van der Waals surface area contributed by atoms with Gasteiger partial charge < -0.3 is 0 Å². The normalized spacial score (nSPS) is 15.8. The van der Waals surface area contributed by atoms with Gasteiger partial charge in [-0.2, -0.15) is 0 Å². The predicted molar refractivity (Wildman–Crippen MR) is 75.1 cm³/mol. The van der Waals surface area contributed by atoms with Gasteiger partial charge in [0.25, 0.3) is 0 Å². The fourth-order valence-electron chi connectivity index (χ4n) is 1.70. The Morgan fingerprint density at radius 3 is 1.72 bits per heavy atom. The summed E-state index contributed by atoms with van der Waals surface area (Å²) in [5, 5.41) is 0.794. The van der Waals surface area contributed by atoms with Crippen molar-refractivity contribution in [3.05, 3.63) is 78.4 Å². The Kier molecular flexibility index (Phi) is 5.90. The predicted octanol–water partition coefficient (Wildman–Crippen LogP) is 5.10. The monoisotopic (exact) mass is 332 g/mol. The standard InChI is InChI=1S/C6H5Cl.2C5H5.Zr/c7-6-4-2-1-3-5-6;2*1-2-4-5-3-1;/h1-5H;2*1-3H,4H2;. The van der Waals surface area contributed by atoms with Crippen LogP contribution in [0, 0.1) is 0 Å². The van der Waals surface area contributed by atoms with Crippen LogP contribution in [0.1, 0.15) is 12.8 Å².